The topological polar surface area (TPSA) is 86.8 Å². The number of nitrogens with one attached hydrogen (secondary N) is 1. The summed E-state index contributed by atoms with van der Waals surface area (Å²) in [5.74, 6) is -0.835. The van der Waals surface area contributed by atoms with Gasteiger partial charge in [0.05, 0.1) is 10.6 Å². The molecule has 0 saturated heterocycles. The number of benzene rings is 3. The van der Waals surface area contributed by atoms with Crippen LogP contribution in [0.5, 0.6) is 0 Å². The Bertz CT molecular complexity index is 1400. The molecule has 0 spiro atoms. The number of carbonyl (C=O) groups excluding carboxylic acids is 2. The molecule has 0 bridgehead atoms. The molecule has 7 nitrogen and oxygen atoms in total. The van der Waals surface area contributed by atoms with Crippen molar-refractivity contribution in [3.8, 4) is 0 Å². The van der Waals surface area contributed by atoms with Gasteiger partial charge in [0.25, 0.3) is 10.0 Å². The Morgan fingerprint density at radius 2 is 1.72 bits per heavy atom. The lowest BCUT2D eigenvalue weighted by Gasteiger charge is -2.32. The van der Waals surface area contributed by atoms with Crippen LogP contribution in [0.3, 0.4) is 0 Å². The van der Waals surface area contributed by atoms with Crippen LogP contribution in [0.25, 0.3) is 0 Å². The van der Waals surface area contributed by atoms with E-state index in [1.54, 1.807) is 61.5 Å². The zero-order valence-electron chi connectivity index (χ0n) is 22.2. The second-order valence-electron chi connectivity index (χ2n) is 9.28. The number of unbranched alkanes of at least 4 members (excludes halogenated alkanes) is 1. The molecule has 0 aliphatic heterocycles. The van der Waals surface area contributed by atoms with Crippen molar-refractivity contribution < 1.29 is 18.0 Å². The van der Waals surface area contributed by atoms with Gasteiger partial charge < -0.3 is 10.2 Å². The third kappa shape index (κ3) is 8.30. The second kappa shape index (κ2) is 14.0. The van der Waals surface area contributed by atoms with E-state index < -0.39 is 28.5 Å². The van der Waals surface area contributed by atoms with Crippen molar-refractivity contribution in [2.45, 2.75) is 51.1 Å². The molecular weight excluding hydrogens is 602 g/mol. The highest BCUT2D eigenvalue weighted by Gasteiger charge is 2.32. The fourth-order valence-corrected chi connectivity index (χ4v) is 5.95. The van der Waals surface area contributed by atoms with Gasteiger partial charge in [0.2, 0.25) is 11.8 Å². The summed E-state index contributed by atoms with van der Waals surface area (Å²) in [6.07, 6.45) is 1.73. The van der Waals surface area contributed by atoms with Crippen LogP contribution >= 0.6 is 27.5 Å². The summed E-state index contributed by atoms with van der Waals surface area (Å²) in [6.45, 7) is 5.60. The van der Waals surface area contributed by atoms with Crippen molar-refractivity contribution in [3.63, 3.8) is 0 Å². The number of nitrogens with zero attached hydrogens (tertiary/aromatic N) is 2. The molecule has 2 amide bonds. The normalized spacial score (nSPS) is 12.0. The number of carbonyl (C=O) groups is 2. The largest absolute Gasteiger partial charge is 0.354 e. The predicted molar refractivity (Wildman–Crippen MR) is 159 cm³/mol. The number of halogens is 2. The maximum Gasteiger partial charge on any atom is 0.264 e. The Labute approximate surface area is 244 Å². The first-order chi connectivity index (χ1) is 18.5. The Morgan fingerprint density at radius 1 is 1.03 bits per heavy atom. The summed E-state index contributed by atoms with van der Waals surface area (Å²) in [7, 11) is -4.12. The van der Waals surface area contributed by atoms with Gasteiger partial charge in [-0.3, -0.25) is 13.9 Å². The van der Waals surface area contributed by atoms with Gasteiger partial charge in [-0.05, 0) is 68.3 Å². The van der Waals surface area contributed by atoms with Crippen molar-refractivity contribution in [1.82, 2.24) is 10.2 Å². The van der Waals surface area contributed by atoms with Crippen LogP contribution in [0.1, 0.15) is 37.8 Å². The van der Waals surface area contributed by atoms with Gasteiger partial charge in [-0.15, -0.1) is 0 Å². The molecule has 3 aromatic rings. The molecule has 1 N–H and O–H groups in total. The number of sulfonamides is 1. The quantitative estimate of drug-likeness (QED) is 0.250. The van der Waals surface area contributed by atoms with Gasteiger partial charge >= 0.3 is 0 Å². The van der Waals surface area contributed by atoms with Gasteiger partial charge in [-0.1, -0.05) is 76.8 Å². The molecule has 0 fully saturated rings. The highest BCUT2D eigenvalue weighted by molar-refractivity contribution is 9.10. The summed E-state index contributed by atoms with van der Waals surface area (Å²) < 4.78 is 29.4. The second-order valence-corrected chi connectivity index (χ2v) is 12.5. The van der Waals surface area contributed by atoms with E-state index in [0.29, 0.717) is 21.7 Å². The zero-order valence-corrected chi connectivity index (χ0v) is 25.4. The highest BCUT2D eigenvalue weighted by atomic mass is 79.9. The lowest BCUT2D eigenvalue weighted by molar-refractivity contribution is -0.139. The van der Waals surface area contributed by atoms with E-state index in [1.807, 2.05) is 19.9 Å². The maximum absolute atomic E-state index is 13.9. The van der Waals surface area contributed by atoms with Crippen LogP contribution < -0.4 is 9.62 Å². The molecule has 208 valence electrons. The van der Waals surface area contributed by atoms with Crippen molar-refractivity contribution in [1.29, 1.82) is 0 Å². The van der Waals surface area contributed by atoms with Gasteiger partial charge in [-0.2, -0.15) is 0 Å². The lowest BCUT2D eigenvalue weighted by atomic mass is 10.1. The molecule has 10 heteroatoms. The molecule has 0 unspecified atom stereocenters. The van der Waals surface area contributed by atoms with Gasteiger partial charge in [0, 0.05) is 22.6 Å². The Balaban J connectivity index is 2.00. The average molecular weight is 635 g/mol. The number of hydrogen-bond donors (Lipinski definition) is 1. The number of amides is 2. The van der Waals surface area contributed by atoms with Gasteiger partial charge in [-0.25, -0.2) is 8.42 Å². The molecule has 0 heterocycles. The molecular formula is C29H33BrClN3O4S. The minimum absolute atomic E-state index is 0.0626. The fraction of sp³-hybridized carbons (Fsp3) is 0.310. The lowest BCUT2D eigenvalue weighted by Crippen LogP contribution is -2.51. The highest BCUT2D eigenvalue weighted by Crippen LogP contribution is 2.27. The van der Waals surface area contributed by atoms with Crippen LogP contribution in [-0.2, 0) is 26.2 Å². The average Bonchev–Trinajstić information content (AvgIpc) is 2.90. The van der Waals surface area contributed by atoms with E-state index >= 15 is 0 Å². The van der Waals surface area contributed by atoms with Crippen molar-refractivity contribution in [2.75, 3.05) is 17.4 Å². The molecule has 0 saturated carbocycles. The van der Waals surface area contributed by atoms with Crippen molar-refractivity contribution in [3.05, 3.63) is 93.4 Å². The third-order valence-electron chi connectivity index (χ3n) is 6.22. The first-order valence-corrected chi connectivity index (χ1v) is 15.3. The standard InChI is InChI=1S/C29H33BrClN3O4S/c1-4-5-16-32-29(36)22(3)33(19-23-8-6-10-25(31)17-23)28(35)20-34(26-11-7-9-24(30)18-26)39(37,38)27-14-12-21(2)13-15-27/h6-15,17-18,22H,4-5,16,19-20H2,1-3H3,(H,32,36)/t22-/m1/s1. The van der Waals surface area contributed by atoms with Crippen LogP contribution in [0.2, 0.25) is 5.02 Å². The van der Waals surface area contributed by atoms with Crippen LogP contribution in [0, 0.1) is 6.92 Å². The van der Waals surface area contributed by atoms with E-state index in [-0.39, 0.29) is 17.3 Å². The van der Waals surface area contributed by atoms with Crippen LogP contribution in [-0.4, -0.2) is 44.3 Å². The maximum atomic E-state index is 13.9. The summed E-state index contributed by atoms with van der Waals surface area (Å²) in [6, 6.07) is 19.4. The molecule has 1 atom stereocenters. The summed E-state index contributed by atoms with van der Waals surface area (Å²) >= 11 is 9.58. The summed E-state index contributed by atoms with van der Waals surface area (Å²) in [5.41, 5.74) is 1.95. The first kappa shape index (κ1) is 30.7. The fourth-order valence-electron chi connectivity index (χ4n) is 3.95. The molecule has 0 aromatic heterocycles. The summed E-state index contributed by atoms with van der Waals surface area (Å²) in [4.78, 5) is 28.4. The predicted octanol–water partition coefficient (Wildman–Crippen LogP) is 5.94. The van der Waals surface area contributed by atoms with Gasteiger partial charge in [0.1, 0.15) is 12.6 Å². The molecule has 3 rings (SSSR count). The SMILES string of the molecule is CCCCNC(=O)[C@@H](C)N(Cc1cccc(Cl)c1)C(=O)CN(c1cccc(Br)c1)S(=O)(=O)c1ccc(C)cc1. The Kier molecular flexibility index (Phi) is 11.0. The minimum Gasteiger partial charge on any atom is -0.354 e. The minimum atomic E-state index is -4.12. The zero-order chi connectivity index (χ0) is 28.6. The smallest absolute Gasteiger partial charge is 0.264 e. The van der Waals surface area contributed by atoms with E-state index in [4.69, 9.17) is 11.6 Å². The Hall–Kier alpha value is -2.88. The van der Waals surface area contributed by atoms with E-state index in [1.165, 1.54) is 17.0 Å². The van der Waals surface area contributed by atoms with Crippen LogP contribution in [0.4, 0.5) is 5.69 Å². The molecule has 0 aliphatic rings. The number of anilines is 1. The van der Waals surface area contributed by atoms with Crippen molar-refractivity contribution >= 4 is 55.1 Å². The van der Waals surface area contributed by atoms with Gasteiger partial charge in [0.15, 0.2) is 0 Å². The molecule has 0 radical (unpaired) electrons. The number of hydrogen-bond acceptors (Lipinski definition) is 4. The van der Waals surface area contributed by atoms with E-state index in [0.717, 1.165) is 28.3 Å². The number of rotatable bonds is 12. The van der Waals surface area contributed by atoms with Crippen LogP contribution in [0.15, 0.2) is 82.2 Å². The van der Waals surface area contributed by atoms with E-state index in [9.17, 15) is 18.0 Å². The van der Waals surface area contributed by atoms with Crippen molar-refractivity contribution in [2.24, 2.45) is 0 Å². The third-order valence-corrected chi connectivity index (χ3v) is 8.74. The molecule has 0 aliphatic carbocycles. The number of aryl methyl sites for hydroxylation is 1. The molecule has 39 heavy (non-hydrogen) atoms. The first-order valence-electron chi connectivity index (χ1n) is 12.7. The monoisotopic (exact) mass is 633 g/mol. The Morgan fingerprint density at radius 3 is 2.36 bits per heavy atom. The summed E-state index contributed by atoms with van der Waals surface area (Å²) in [5, 5.41) is 3.37. The van der Waals surface area contributed by atoms with E-state index in [2.05, 4.69) is 21.2 Å². The molecule has 3 aromatic carbocycles.